The molecule has 3 rings (SSSR count). The lowest BCUT2D eigenvalue weighted by Gasteiger charge is -2.07. The fourth-order valence-electron chi connectivity index (χ4n) is 2.78. The lowest BCUT2D eigenvalue weighted by atomic mass is 10.0. The van der Waals surface area contributed by atoms with E-state index in [0.29, 0.717) is 0 Å². The second-order valence-electron chi connectivity index (χ2n) is 5.50. The summed E-state index contributed by atoms with van der Waals surface area (Å²) >= 11 is 0. The van der Waals surface area contributed by atoms with E-state index in [-0.39, 0.29) is 0 Å². The molecule has 1 heterocycles. The van der Waals surface area contributed by atoms with Crippen LogP contribution in [0, 0.1) is 0 Å². The van der Waals surface area contributed by atoms with Crippen molar-refractivity contribution < 1.29 is 0 Å². The first-order valence-electron chi connectivity index (χ1n) is 7.69. The van der Waals surface area contributed by atoms with Gasteiger partial charge in [-0.1, -0.05) is 49.4 Å². The summed E-state index contributed by atoms with van der Waals surface area (Å²) in [5, 5.41) is 6.21. The Balaban J connectivity index is 1.63. The number of benzene rings is 2. The Bertz CT molecular complexity index is 707. The van der Waals surface area contributed by atoms with Crippen molar-refractivity contribution >= 4 is 10.8 Å². The lowest BCUT2D eigenvalue weighted by Crippen LogP contribution is -2.12. The number of nitrogens with zero attached hydrogens (tertiary/aromatic N) is 1. The molecule has 0 unspecified atom stereocenters. The third kappa shape index (κ3) is 3.34. The molecule has 3 aromatic rings. The number of rotatable bonds is 6. The molecule has 0 aliphatic rings. The van der Waals surface area contributed by atoms with Crippen molar-refractivity contribution in [3.8, 4) is 0 Å². The van der Waals surface area contributed by atoms with Crippen molar-refractivity contribution in [2.24, 2.45) is 0 Å². The first kappa shape index (κ1) is 13.9. The van der Waals surface area contributed by atoms with Gasteiger partial charge in [-0.25, -0.2) is 0 Å². The standard InChI is InChI=1S/C19H22N2/c1-2-11-21-12-10-16(15-21)13-20-14-18-8-5-7-17-6-3-4-9-19(17)18/h3-10,12,15,20H,2,11,13-14H2,1H3. The maximum absolute atomic E-state index is 3.55. The van der Waals surface area contributed by atoms with Crippen LogP contribution in [0.4, 0.5) is 0 Å². The van der Waals surface area contributed by atoms with Gasteiger partial charge in [0.1, 0.15) is 0 Å². The van der Waals surface area contributed by atoms with Crippen LogP contribution in [0.1, 0.15) is 24.5 Å². The van der Waals surface area contributed by atoms with Gasteiger partial charge in [-0.2, -0.15) is 0 Å². The minimum absolute atomic E-state index is 0.903. The molecule has 1 aromatic heterocycles. The number of nitrogens with one attached hydrogen (secondary N) is 1. The molecule has 108 valence electrons. The van der Waals surface area contributed by atoms with E-state index in [0.717, 1.165) is 19.6 Å². The zero-order valence-electron chi connectivity index (χ0n) is 12.5. The summed E-state index contributed by atoms with van der Waals surface area (Å²) < 4.78 is 2.26. The van der Waals surface area contributed by atoms with Crippen LogP contribution in [0.3, 0.4) is 0 Å². The van der Waals surface area contributed by atoms with Crippen molar-refractivity contribution in [1.82, 2.24) is 9.88 Å². The molecule has 0 fully saturated rings. The van der Waals surface area contributed by atoms with Crippen LogP contribution in [0.2, 0.25) is 0 Å². The van der Waals surface area contributed by atoms with E-state index in [1.54, 1.807) is 0 Å². The molecular formula is C19H22N2. The van der Waals surface area contributed by atoms with E-state index in [4.69, 9.17) is 0 Å². The molecule has 0 aliphatic heterocycles. The second-order valence-corrected chi connectivity index (χ2v) is 5.50. The van der Waals surface area contributed by atoms with Gasteiger partial charge in [-0.05, 0) is 34.4 Å². The fourth-order valence-corrected chi connectivity index (χ4v) is 2.78. The molecule has 0 saturated carbocycles. The van der Waals surface area contributed by atoms with Crippen molar-refractivity contribution in [2.75, 3.05) is 0 Å². The predicted octanol–water partition coefficient (Wildman–Crippen LogP) is 4.34. The average molecular weight is 278 g/mol. The summed E-state index contributed by atoms with van der Waals surface area (Å²) in [5.74, 6) is 0. The Morgan fingerprint density at radius 2 is 1.81 bits per heavy atom. The van der Waals surface area contributed by atoms with Gasteiger partial charge in [0.25, 0.3) is 0 Å². The number of aryl methyl sites for hydroxylation is 1. The molecule has 2 heteroatoms. The SMILES string of the molecule is CCCn1ccc(CNCc2cccc3ccccc23)c1. The molecule has 0 saturated heterocycles. The monoisotopic (exact) mass is 278 g/mol. The van der Waals surface area contributed by atoms with Gasteiger partial charge < -0.3 is 9.88 Å². The molecule has 0 bridgehead atoms. The van der Waals surface area contributed by atoms with Crippen LogP contribution < -0.4 is 5.32 Å². The van der Waals surface area contributed by atoms with Crippen molar-refractivity contribution in [3.63, 3.8) is 0 Å². The Morgan fingerprint density at radius 3 is 2.71 bits per heavy atom. The third-order valence-electron chi connectivity index (χ3n) is 3.82. The van der Waals surface area contributed by atoms with Crippen molar-refractivity contribution in [2.45, 2.75) is 33.0 Å². The first-order chi connectivity index (χ1) is 10.4. The molecular weight excluding hydrogens is 256 g/mol. The Morgan fingerprint density at radius 1 is 0.952 bits per heavy atom. The van der Waals surface area contributed by atoms with E-state index in [2.05, 4.69) is 77.7 Å². The topological polar surface area (TPSA) is 17.0 Å². The number of hydrogen-bond donors (Lipinski definition) is 1. The Hall–Kier alpha value is -2.06. The van der Waals surface area contributed by atoms with Gasteiger partial charge in [-0.15, -0.1) is 0 Å². The Labute approximate surface area is 126 Å². The minimum atomic E-state index is 0.903. The molecule has 2 nitrogen and oxygen atoms in total. The van der Waals surface area contributed by atoms with Crippen LogP contribution in [-0.2, 0) is 19.6 Å². The van der Waals surface area contributed by atoms with E-state index in [1.165, 1.54) is 28.3 Å². The van der Waals surface area contributed by atoms with Gasteiger partial charge in [-0.3, -0.25) is 0 Å². The minimum Gasteiger partial charge on any atom is -0.354 e. The van der Waals surface area contributed by atoms with Crippen LogP contribution in [0.15, 0.2) is 60.9 Å². The van der Waals surface area contributed by atoms with Gasteiger partial charge in [0.05, 0.1) is 0 Å². The smallest absolute Gasteiger partial charge is 0.0223 e. The molecule has 0 amide bonds. The fraction of sp³-hybridized carbons (Fsp3) is 0.263. The zero-order valence-corrected chi connectivity index (χ0v) is 12.5. The highest BCUT2D eigenvalue weighted by Gasteiger charge is 2.01. The molecule has 0 radical (unpaired) electrons. The summed E-state index contributed by atoms with van der Waals surface area (Å²) in [4.78, 5) is 0. The highest BCUT2D eigenvalue weighted by Crippen LogP contribution is 2.18. The quantitative estimate of drug-likeness (QED) is 0.709. The summed E-state index contributed by atoms with van der Waals surface area (Å²) in [6, 6.07) is 17.3. The second kappa shape index (κ2) is 6.59. The molecule has 0 atom stereocenters. The highest BCUT2D eigenvalue weighted by atomic mass is 14.9. The van der Waals surface area contributed by atoms with Crippen LogP contribution >= 0.6 is 0 Å². The molecule has 0 aliphatic carbocycles. The van der Waals surface area contributed by atoms with E-state index in [9.17, 15) is 0 Å². The van der Waals surface area contributed by atoms with Crippen LogP contribution in [-0.4, -0.2) is 4.57 Å². The predicted molar refractivity (Wildman–Crippen MR) is 89.2 cm³/mol. The maximum atomic E-state index is 3.55. The van der Waals surface area contributed by atoms with Gasteiger partial charge in [0.15, 0.2) is 0 Å². The third-order valence-corrected chi connectivity index (χ3v) is 3.82. The highest BCUT2D eigenvalue weighted by molar-refractivity contribution is 5.85. The first-order valence-corrected chi connectivity index (χ1v) is 7.69. The normalized spacial score (nSPS) is 11.1. The number of fused-ring (bicyclic) bond motifs is 1. The summed E-state index contributed by atoms with van der Waals surface area (Å²) in [6.07, 6.45) is 5.58. The summed E-state index contributed by atoms with van der Waals surface area (Å²) in [6.45, 7) is 5.13. The number of aromatic nitrogens is 1. The van der Waals surface area contributed by atoms with Gasteiger partial charge in [0, 0.05) is 32.0 Å². The Kier molecular flexibility index (Phi) is 4.37. The van der Waals surface area contributed by atoms with Crippen molar-refractivity contribution in [1.29, 1.82) is 0 Å². The largest absolute Gasteiger partial charge is 0.354 e. The summed E-state index contributed by atoms with van der Waals surface area (Å²) in [5.41, 5.74) is 2.71. The van der Waals surface area contributed by atoms with E-state index >= 15 is 0 Å². The summed E-state index contributed by atoms with van der Waals surface area (Å²) in [7, 11) is 0. The molecule has 21 heavy (non-hydrogen) atoms. The number of hydrogen-bond acceptors (Lipinski definition) is 1. The lowest BCUT2D eigenvalue weighted by molar-refractivity contribution is 0.669. The van der Waals surface area contributed by atoms with Gasteiger partial charge in [0.2, 0.25) is 0 Å². The zero-order chi connectivity index (χ0) is 14.5. The molecule has 0 spiro atoms. The van der Waals surface area contributed by atoms with Crippen LogP contribution in [0.5, 0.6) is 0 Å². The molecule has 1 N–H and O–H groups in total. The van der Waals surface area contributed by atoms with Crippen molar-refractivity contribution in [3.05, 3.63) is 72.1 Å². The van der Waals surface area contributed by atoms with Crippen LogP contribution in [0.25, 0.3) is 10.8 Å². The maximum Gasteiger partial charge on any atom is 0.0223 e. The average Bonchev–Trinajstić information content (AvgIpc) is 2.96. The van der Waals surface area contributed by atoms with E-state index < -0.39 is 0 Å². The van der Waals surface area contributed by atoms with E-state index in [1.807, 2.05) is 0 Å². The van der Waals surface area contributed by atoms with Gasteiger partial charge >= 0.3 is 0 Å². The molecule has 2 aromatic carbocycles.